The first kappa shape index (κ1) is 15.8. The van der Waals surface area contributed by atoms with Gasteiger partial charge < -0.3 is 10.6 Å². The lowest BCUT2D eigenvalue weighted by Crippen LogP contribution is -2.19. The van der Waals surface area contributed by atoms with Gasteiger partial charge in [-0.3, -0.25) is 0 Å². The largest absolute Gasteiger partial charge is 0.367 e. The number of benzene rings is 1. The smallest absolute Gasteiger partial charge is 0.136 e. The van der Waals surface area contributed by atoms with E-state index in [2.05, 4.69) is 51.8 Å². The lowest BCUT2D eigenvalue weighted by atomic mass is 10.1. The summed E-state index contributed by atoms with van der Waals surface area (Å²) in [6.07, 6.45) is 7.84. The zero-order valence-electron chi connectivity index (χ0n) is 14.1. The molecule has 2 N–H and O–H groups in total. The average molecular weight is 310 g/mol. The van der Waals surface area contributed by atoms with Crippen molar-refractivity contribution in [2.45, 2.75) is 58.4 Å². The number of hydrogen-bond acceptors (Lipinski definition) is 4. The number of anilines is 3. The minimum absolute atomic E-state index is 0.541. The van der Waals surface area contributed by atoms with Crippen LogP contribution in [0.25, 0.3) is 0 Å². The summed E-state index contributed by atoms with van der Waals surface area (Å²) in [6, 6.07) is 10.9. The zero-order chi connectivity index (χ0) is 16.1. The molecule has 0 aliphatic heterocycles. The molecular formula is C19H26N4. The molecule has 0 unspecified atom stereocenters. The van der Waals surface area contributed by atoms with Crippen molar-refractivity contribution in [3.8, 4) is 0 Å². The molecule has 0 radical (unpaired) electrons. The summed E-state index contributed by atoms with van der Waals surface area (Å²) in [4.78, 5) is 9.05. The molecule has 23 heavy (non-hydrogen) atoms. The van der Waals surface area contributed by atoms with E-state index in [9.17, 15) is 0 Å². The van der Waals surface area contributed by atoms with Crippen LogP contribution in [-0.2, 0) is 0 Å². The highest BCUT2D eigenvalue weighted by Crippen LogP contribution is 2.22. The van der Waals surface area contributed by atoms with Gasteiger partial charge in [0.2, 0.25) is 0 Å². The number of nitrogens with zero attached hydrogens (tertiary/aromatic N) is 2. The third-order valence-corrected chi connectivity index (χ3v) is 4.37. The lowest BCUT2D eigenvalue weighted by Gasteiger charge is -2.18. The topological polar surface area (TPSA) is 49.8 Å². The molecule has 4 heteroatoms. The van der Waals surface area contributed by atoms with Crippen LogP contribution in [0.2, 0.25) is 0 Å². The van der Waals surface area contributed by atoms with Crippen molar-refractivity contribution in [1.82, 2.24) is 9.97 Å². The summed E-state index contributed by atoms with van der Waals surface area (Å²) in [5, 5.41) is 6.98. The summed E-state index contributed by atoms with van der Waals surface area (Å²) < 4.78 is 0. The van der Waals surface area contributed by atoms with Gasteiger partial charge in [0, 0.05) is 17.8 Å². The quantitative estimate of drug-likeness (QED) is 0.783. The van der Waals surface area contributed by atoms with Crippen LogP contribution in [0, 0.1) is 13.8 Å². The third kappa shape index (κ3) is 4.68. The summed E-state index contributed by atoms with van der Waals surface area (Å²) in [5.74, 6) is 2.56. The van der Waals surface area contributed by atoms with E-state index in [-0.39, 0.29) is 0 Å². The van der Waals surface area contributed by atoms with E-state index in [4.69, 9.17) is 0 Å². The van der Waals surface area contributed by atoms with Gasteiger partial charge in [0.1, 0.15) is 17.5 Å². The van der Waals surface area contributed by atoms with E-state index in [1.54, 1.807) is 0 Å². The van der Waals surface area contributed by atoms with Gasteiger partial charge in [-0.05, 0) is 38.8 Å². The second-order valence-electron chi connectivity index (χ2n) is 6.51. The minimum atomic E-state index is 0.541. The second kappa shape index (κ2) is 7.44. The molecular weight excluding hydrogens is 284 g/mol. The Labute approximate surface area is 138 Å². The molecule has 3 rings (SSSR count). The van der Waals surface area contributed by atoms with Gasteiger partial charge in [-0.1, -0.05) is 43.4 Å². The van der Waals surface area contributed by atoms with Gasteiger partial charge in [-0.15, -0.1) is 0 Å². The SMILES string of the molecule is Cc1ccc(Nc2cc(NC3CCCCCC3)nc(C)n2)cc1. The van der Waals surface area contributed by atoms with Gasteiger partial charge in [-0.2, -0.15) is 0 Å². The number of hydrogen-bond donors (Lipinski definition) is 2. The highest BCUT2D eigenvalue weighted by molar-refractivity contribution is 5.59. The van der Waals surface area contributed by atoms with Crippen molar-refractivity contribution in [1.29, 1.82) is 0 Å². The fourth-order valence-electron chi connectivity index (χ4n) is 3.12. The van der Waals surface area contributed by atoms with Crippen molar-refractivity contribution in [2.75, 3.05) is 10.6 Å². The molecule has 1 aromatic heterocycles. The minimum Gasteiger partial charge on any atom is -0.367 e. The van der Waals surface area contributed by atoms with Gasteiger partial charge in [0.05, 0.1) is 0 Å². The molecule has 4 nitrogen and oxygen atoms in total. The van der Waals surface area contributed by atoms with Crippen LogP contribution < -0.4 is 10.6 Å². The van der Waals surface area contributed by atoms with E-state index in [1.807, 2.05) is 13.0 Å². The fraction of sp³-hybridized carbons (Fsp3) is 0.474. The fourth-order valence-corrected chi connectivity index (χ4v) is 3.12. The van der Waals surface area contributed by atoms with Crippen molar-refractivity contribution in [3.63, 3.8) is 0 Å². The van der Waals surface area contributed by atoms with E-state index in [0.29, 0.717) is 6.04 Å². The van der Waals surface area contributed by atoms with E-state index in [1.165, 1.54) is 44.1 Å². The normalized spacial score (nSPS) is 15.9. The Bertz CT molecular complexity index is 628. The summed E-state index contributed by atoms with van der Waals surface area (Å²) in [6.45, 7) is 4.03. The molecule has 0 saturated heterocycles. The van der Waals surface area contributed by atoms with E-state index in [0.717, 1.165) is 23.1 Å². The number of rotatable bonds is 4. The first-order chi connectivity index (χ1) is 11.2. The molecule has 122 valence electrons. The Morgan fingerprint density at radius 2 is 1.52 bits per heavy atom. The first-order valence-electron chi connectivity index (χ1n) is 8.65. The highest BCUT2D eigenvalue weighted by atomic mass is 15.1. The Hall–Kier alpha value is -2.10. The Morgan fingerprint density at radius 1 is 0.870 bits per heavy atom. The number of aryl methyl sites for hydroxylation is 2. The Kier molecular flexibility index (Phi) is 5.11. The maximum absolute atomic E-state index is 4.55. The average Bonchev–Trinajstić information content (AvgIpc) is 2.78. The van der Waals surface area contributed by atoms with Crippen LogP contribution in [0.3, 0.4) is 0 Å². The van der Waals surface area contributed by atoms with Crippen LogP contribution in [0.15, 0.2) is 30.3 Å². The molecule has 1 aliphatic rings. The number of nitrogens with one attached hydrogen (secondary N) is 2. The molecule has 0 bridgehead atoms. The first-order valence-corrected chi connectivity index (χ1v) is 8.65. The monoisotopic (exact) mass is 310 g/mol. The molecule has 1 aromatic carbocycles. The highest BCUT2D eigenvalue weighted by Gasteiger charge is 2.13. The van der Waals surface area contributed by atoms with Gasteiger partial charge >= 0.3 is 0 Å². The van der Waals surface area contributed by atoms with Crippen molar-refractivity contribution >= 4 is 17.3 Å². The van der Waals surface area contributed by atoms with Crippen molar-refractivity contribution in [3.05, 3.63) is 41.7 Å². The van der Waals surface area contributed by atoms with Crippen molar-refractivity contribution < 1.29 is 0 Å². The molecule has 0 atom stereocenters. The van der Waals surface area contributed by atoms with Gasteiger partial charge in [0.25, 0.3) is 0 Å². The molecule has 1 fully saturated rings. The van der Waals surface area contributed by atoms with Crippen LogP contribution in [0.5, 0.6) is 0 Å². The maximum Gasteiger partial charge on any atom is 0.136 e. The molecule has 1 saturated carbocycles. The molecule has 0 amide bonds. The summed E-state index contributed by atoms with van der Waals surface area (Å²) in [5.41, 5.74) is 2.30. The summed E-state index contributed by atoms with van der Waals surface area (Å²) >= 11 is 0. The van der Waals surface area contributed by atoms with Gasteiger partial charge in [0.15, 0.2) is 0 Å². The van der Waals surface area contributed by atoms with Crippen LogP contribution in [0.4, 0.5) is 17.3 Å². The molecule has 1 aliphatic carbocycles. The summed E-state index contributed by atoms with van der Waals surface area (Å²) in [7, 11) is 0. The van der Waals surface area contributed by atoms with Crippen molar-refractivity contribution in [2.24, 2.45) is 0 Å². The Morgan fingerprint density at radius 3 is 2.22 bits per heavy atom. The standard InChI is InChI=1S/C19H26N4/c1-14-9-11-17(12-10-14)23-19-13-18(20-15(2)21-19)22-16-7-5-3-4-6-8-16/h9-13,16H,3-8H2,1-2H3,(H2,20,21,22,23). The number of aromatic nitrogens is 2. The molecule has 0 spiro atoms. The predicted molar refractivity (Wildman–Crippen MR) is 96.3 cm³/mol. The molecule has 2 aromatic rings. The van der Waals surface area contributed by atoms with E-state index < -0.39 is 0 Å². The van der Waals surface area contributed by atoms with Crippen LogP contribution in [0.1, 0.15) is 49.9 Å². The Balaban J connectivity index is 1.71. The molecule has 1 heterocycles. The lowest BCUT2D eigenvalue weighted by molar-refractivity contribution is 0.617. The van der Waals surface area contributed by atoms with Crippen LogP contribution in [-0.4, -0.2) is 16.0 Å². The third-order valence-electron chi connectivity index (χ3n) is 4.37. The van der Waals surface area contributed by atoms with Crippen LogP contribution >= 0.6 is 0 Å². The maximum atomic E-state index is 4.55. The van der Waals surface area contributed by atoms with Gasteiger partial charge in [-0.25, -0.2) is 9.97 Å². The zero-order valence-corrected chi connectivity index (χ0v) is 14.1. The van der Waals surface area contributed by atoms with E-state index >= 15 is 0 Å². The predicted octanol–water partition coefficient (Wildman–Crippen LogP) is 4.97. The second-order valence-corrected chi connectivity index (χ2v) is 6.51.